The van der Waals surface area contributed by atoms with E-state index >= 15 is 0 Å². The van der Waals surface area contributed by atoms with Crippen LogP contribution in [0, 0.1) is 0 Å². The second kappa shape index (κ2) is 9.45. The molecule has 1 aliphatic rings. The zero-order valence-corrected chi connectivity index (χ0v) is 16.5. The molecule has 0 radical (unpaired) electrons. The number of carbonyl (C=O) groups is 2. The number of nitrogens with two attached hydrogens (primary N) is 1. The Morgan fingerprint density at radius 3 is 2.61 bits per heavy atom. The molecule has 1 saturated carbocycles. The predicted molar refractivity (Wildman–Crippen MR) is 106 cm³/mol. The Balaban J connectivity index is 1.50. The number of rotatable bonds is 6. The highest BCUT2D eigenvalue weighted by Crippen LogP contribution is 2.23. The van der Waals surface area contributed by atoms with Crippen LogP contribution in [0.25, 0.3) is 11.4 Å². The van der Waals surface area contributed by atoms with E-state index in [2.05, 4.69) is 20.8 Å². The van der Waals surface area contributed by atoms with E-state index in [4.69, 9.17) is 10.6 Å². The quantitative estimate of drug-likeness (QED) is 0.496. The summed E-state index contributed by atoms with van der Waals surface area (Å²) in [6.45, 7) is 0. The summed E-state index contributed by atoms with van der Waals surface area (Å²) in [6.07, 6.45) is 5.34. The molecule has 0 atom stereocenters. The van der Waals surface area contributed by atoms with Crippen molar-refractivity contribution in [3.63, 3.8) is 0 Å². The van der Waals surface area contributed by atoms with Crippen LogP contribution in [-0.2, 0) is 4.79 Å². The zero-order chi connectivity index (χ0) is 19.9. The van der Waals surface area contributed by atoms with Crippen molar-refractivity contribution in [3.8, 4) is 17.1 Å². The first kappa shape index (κ1) is 20.0. The number of thioether (sulfide) groups is 1. The Kier molecular flexibility index (Phi) is 6.75. The molecular weight excluding hydrogens is 380 g/mol. The van der Waals surface area contributed by atoms with Crippen LogP contribution >= 0.6 is 11.8 Å². The Labute approximate surface area is 167 Å². The highest BCUT2D eigenvalue weighted by Gasteiger charge is 2.18. The summed E-state index contributed by atoms with van der Waals surface area (Å²) in [7, 11) is 1.59. The lowest BCUT2D eigenvalue weighted by atomic mass is 9.96. The normalized spacial score (nSPS) is 14.5. The number of nitrogens with one attached hydrogen (secondary N) is 2. The topological polar surface area (TPSA) is 124 Å². The van der Waals surface area contributed by atoms with Crippen molar-refractivity contribution in [3.05, 3.63) is 24.3 Å². The highest BCUT2D eigenvalue weighted by atomic mass is 32.2. The van der Waals surface area contributed by atoms with Crippen LogP contribution in [0.4, 0.5) is 4.79 Å². The second-order valence-electron chi connectivity index (χ2n) is 6.55. The molecule has 0 unspecified atom stereocenters. The third-order valence-electron chi connectivity index (χ3n) is 4.54. The van der Waals surface area contributed by atoms with Crippen molar-refractivity contribution >= 4 is 23.7 Å². The number of ether oxygens (including phenoxy) is 1. The molecule has 0 spiro atoms. The van der Waals surface area contributed by atoms with Crippen LogP contribution < -0.4 is 21.2 Å². The number of nitrogens with zero attached hydrogens (tertiary/aromatic N) is 3. The van der Waals surface area contributed by atoms with Gasteiger partial charge in [-0.25, -0.2) is 9.47 Å². The van der Waals surface area contributed by atoms with Crippen LogP contribution in [-0.4, -0.2) is 45.7 Å². The largest absolute Gasteiger partial charge is 0.497 e. The average molecular weight is 404 g/mol. The summed E-state index contributed by atoms with van der Waals surface area (Å²) in [5.74, 6) is 6.84. The van der Waals surface area contributed by atoms with Gasteiger partial charge in [0.1, 0.15) is 5.75 Å². The number of hydrogen-bond acceptors (Lipinski definition) is 7. The maximum Gasteiger partial charge on any atom is 0.321 e. The third kappa shape index (κ3) is 5.16. The standard InChI is InChI=1S/C18H24N6O3S/c1-27-14-9-7-12(8-10-14)16-22-23-18(24(16)19)28-11-15(25)21-17(26)20-13-5-3-2-4-6-13/h7-10,13H,2-6,11,19H2,1H3,(H2,20,21,25,26). The van der Waals surface area contributed by atoms with Gasteiger partial charge in [-0.3, -0.25) is 10.1 Å². The van der Waals surface area contributed by atoms with Crippen molar-refractivity contribution in [1.82, 2.24) is 25.5 Å². The minimum atomic E-state index is -0.453. The molecule has 2 aromatic rings. The van der Waals surface area contributed by atoms with E-state index < -0.39 is 11.9 Å². The third-order valence-corrected chi connectivity index (χ3v) is 5.48. The van der Waals surface area contributed by atoms with E-state index in [9.17, 15) is 9.59 Å². The van der Waals surface area contributed by atoms with Gasteiger partial charge in [0, 0.05) is 11.6 Å². The first-order valence-electron chi connectivity index (χ1n) is 9.15. The van der Waals surface area contributed by atoms with E-state index in [-0.39, 0.29) is 11.8 Å². The summed E-state index contributed by atoms with van der Waals surface area (Å²) in [5, 5.41) is 13.7. The number of nitrogen functional groups attached to an aromatic ring is 1. The number of urea groups is 1. The Hall–Kier alpha value is -2.75. The fraction of sp³-hybridized carbons (Fsp3) is 0.444. The molecule has 0 saturated heterocycles. The lowest BCUT2D eigenvalue weighted by Gasteiger charge is -2.22. The van der Waals surface area contributed by atoms with Crippen LogP contribution in [0.2, 0.25) is 0 Å². The number of aromatic nitrogens is 3. The van der Waals surface area contributed by atoms with E-state index in [0.717, 1.165) is 48.8 Å². The monoisotopic (exact) mass is 404 g/mol. The van der Waals surface area contributed by atoms with E-state index in [1.54, 1.807) is 19.2 Å². The molecule has 1 aliphatic carbocycles. The van der Waals surface area contributed by atoms with Crippen LogP contribution in [0.5, 0.6) is 5.75 Å². The van der Waals surface area contributed by atoms with Gasteiger partial charge in [0.2, 0.25) is 11.1 Å². The van der Waals surface area contributed by atoms with Gasteiger partial charge >= 0.3 is 6.03 Å². The molecule has 9 nitrogen and oxygen atoms in total. The number of carbonyl (C=O) groups excluding carboxylic acids is 2. The van der Waals surface area contributed by atoms with Crippen molar-refractivity contribution in [2.75, 3.05) is 18.7 Å². The SMILES string of the molecule is COc1ccc(-c2nnc(SCC(=O)NC(=O)NC3CCCCC3)n2N)cc1. The Morgan fingerprint density at radius 1 is 1.21 bits per heavy atom. The first-order chi connectivity index (χ1) is 13.6. The molecule has 3 rings (SSSR count). The zero-order valence-electron chi connectivity index (χ0n) is 15.7. The number of methoxy groups -OCH3 is 1. The lowest BCUT2D eigenvalue weighted by Crippen LogP contribution is -2.45. The summed E-state index contributed by atoms with van der Waals surface area (Å²) < 4.78 is 6.45. The van der Waals surface area contributed by atoms with Gasteiger partial charge in [-0.1, -0.05) is 31.0 Å². The van der Waals surface area contributed by atoms with Gasteiger partial charge in [0.25, 0.3) is 0 Å². The molecule has 10 heteroatoms. The van der Waals surface area contributed by atoms with Gasteiger partial charge in [-0.15, -0.1) is 10.2 Å². The van der Waals surface area contributed by atoms with E-state index in [1.165, 1.54) is 11.1 Å². The summed E-state index contributed by atoms with van der Waals surface area (Å²) in [6, 6.07) is 6.94. The number of amides is 3. The van der Waals surface area contributed by atoms with Crippen molar-refractivity contribution in [1.29, 1.82) is 0 Å². The number of benzene rings is 1. The van der Waals surface area contributed by atoms with Gasteiger partial charge in [-0.05, 0) is 37.1 Å². The lowest BCUT2D eigenvalue weighted by molar-refractivity contribution is -0.117. The van der Waals surface area contributed by atoms with E-state index in [0.29, 0.717) is 11.0 Å². The van der Waals surface area contributed by atoms with Gasteiger partial charge in [-0.2, -0.15) is 0 Å². The molecule has 1 fully saturated rings. The maximum absolute atomic E-state index is 12.0. The molecule has 1 heterocycles. The number of hydrogen-bond donors (Lipinski definition) is 3. The predicted octanol–water partition coefficient (Wildman–Crippen LogP) is 1.92. The van der Waals surface area contributed by atoms with Crippen molar-refractivity contribution in [2.45, 2.75) is 43.3 Å². The molecule has 4 N–H and O–H groups in total. The fourth-order valence-corrected chi connectivity index (χ4v) is 3.73. The Bertz CT molecular complexity index is 817. The minimum absolute atomic E-state index is 0.00995. The van der Waals surface area contributed by atoms with Crippen molar-refractivity contribution in [2.24, 2.45) is 0 Å². The summed E-state index contributed by atoms with van der Waals surface area (Å²) in [4.78, 5) is 23.9. The average Bonchev–Trinajstić information content (AvgIpc) is 3.07. The Morgan fingerprint density at radius 2 is 1.93 bits per heavy atom. The molecule has 3 amide bonds. The van der Waals surface area contributed by atoms with Crippen LogP contribution in [0.1, 0.15) is 32.1 Å². The molecule has 1 aromatic heterocycles. The minimum Gasteiger partial charge on any atom is -0.497 e. The van der Waals surface area contributed by atoms with Gasteiger partial charge in [0.05, 0.1) is 12.9 Å². The highest BCUT2D eigenvalue weighted by molar-refractivity contribution is 7.99. The molecular formula is C18H24N6O3S. The van der Waals surface area contributed by atoms with Crippen molar-refractivity contribution < 1.29 is 14.3 Å². The summed E-state index contributed by atoms with van der Waals surface area (Å²) >= 11 is 1.11. The van der Waals surface area contributed by atoms with Crippen LogP contribution in [0.3, 0.4) is 0 Å². The molecule has 0 bridgehead atoms. The second-order valence-corrected chi connectivity index (χ2v) is 7.49. The molecule has 28 heavy (non-hydrogen) atoms. The molecule has 1 aromatic carbocycles. The fourth-order valence-electron chi connectivity index (χ4n) is 3.07. The first-order valence-corrected chi connectivity index (χ1v) is 10.1. The van der Waals surface area contributed by atoms with Crippen LogP contribution in [0.15, 0.2) is 29.4 Å². The van der Waals surface area contributed by atoms with Gasteiger partial charge in [0.15, 0.2) is 5.82 Å². The maximum atomic E-state index is 12.0. The molecule has 0 aliphatic heterocycles. The number of imide groups is 1. The van der Waals surface area contributed by atoms with Gasteiger partial charge < -0.3 is 15.9 Å². The summed E-state index contributed by atoms with van der Waals surface area (Å²) in [5.41, 5.74) is 0.777. The van der Waals surface area contributed by atoms with E-state index in [1.807, 2.05) is 12.1 Å². The smallest absolute Gasteiger partial charge is 0.321 e. The molecule has 150 valence electrons.